The van der Waals surface area contributed by atoms with Crippen molar-refractivity contribution in [3.8, 4) is 0 Å². The number of benzene rings is 2. The van der Waals surface area contributed by atoms with Crippen LogP contribution in [0.3, 0.4) is 0 Å². The zero-order valence-electron chi connectivity index (χ0n) is 15.0. The molecular formula is C19H18Cl2N4O2S. The molecule has 1 heterocycles. The Hall–Kier alpha value is -2.22. The van der Waals surface area contributed by atoms with E-state index in [4.69, 9.17) is 23.2 Å². The van der Waals surface area contributed by atoms with Crippen molar-refractivity contribution in [3.63, 3.8) is 0 Å². The van der Waals surface area contributed by atoms with Crippen LogP contribution in [-0.4, -0.2) is 25.9 Å². The van der Waals surface area contributed by atoms with E-state index >= 15 is 0 Å². The lowest BCUT2D eigenvalue weighted by Gasteiger charge is -2.13. The maximum atomic E-state index is 12.5. The highest BCUT2D eigenvalue weighted by Gasteiger charge is 2.20. The minimum Gasteiger partial charge on any atom is -0.324 e. The molecule has 1 amide bonds. The zero-order chi connectivity index (χ0) is 20.1. The number of amides is 1. The van der Waals surface area contributed by atoms with Crippen LogP contribution in [0.25, 0.3) is 0 Å². The molecule has 6 nitrogen and oxygen atoms in total. The third-order valence-electron chi connectivity index (χ3n) is 4.03. The zero-order valence-corrected chi connectivity index (χ0v) is 17.3. The van der Waals surface area contributed by atoms with Crippen molar-refractivity contribution in [3.05, 3.63) is 74.6 Å². The molecule has 0 saturated carbocycles. The lowest BCUT2D eigenvalue weighted by atomic mass is 10.1. The van der Waals surface area contributed by atoms with Crippen molar-refractivity contribution in [1.29, 1.82) is 0 Å². The average Bonchev–Trinajstić information content (AvgIpc) is 3.03. The molecule has 28 heavy (non-hydrogen) atoms. The molecule has 0 aliphatic carbocycles. The van der Waals surface area contributed by atoms with E-state index in [-0.39, 0.29) is 11.6 Å². The molecule has 0 aliphatic heterocycles. The van der Waals surface area contributed by atoms with Crippen molar-refractivity contribution >= 4 is 46.6 Å². The Morgan fingerprint density at radius 3 is 2.75 bits per heavy atom. The summed E-state index contributed by atoms with van der Waals surface area (Å²) in [5.41, 5.74) is 1.26. The van der Waals surface area contributed by atoms with Crippen LogP contribution in [0.1, 0.15) is 12.5 Å². The van der Waals surface area contributed by atoms with E-state index in [0.717, 1.165) is 5.56 Å². The van der Waals surface area contributed by atoms with Crippen molar-refractivity contribution in [1.82, 2.24) is 14.8 Å². The topological polar surface area (TPSA) is 79.8 Å². The van der Waals surface area contributed by atoms with Gasteiger partial charge in [-0.3, -0.25) is 9.36 Å². The molecular weight excluding hydrogens is 419 g/mol. The summed E-state index contributed by atoms with van der Waals surface area (Å²) < 4.78 is 1.54. The van der Waals surface area contributed by atoms with E-state index in [1.54, 1.807) is 25.1 Å². The number of hydrogen-bond donors (Lipinski definition) is 2. The van der Waals surface area contributed by atoms with E-state index in [2.05, 4.69) is 15.5 Å². The highest BCUT2D eigenvalue weighted by atomic mass is 35.5. The van der Waals surface area contributed by atoms with Gasteiger partial charge in [0.15, 0.2) is 5.16 Å². The normalized spacial score (nSPS) is 12.0. The van der Waals surface area contributed by atoms with Crippen molar-refractivity contribution < 1.29 is 4.79 Å². The number of carbonyl (C=O) groups is 1. The lowest BCUT2D eigenvalue weighted by Crippen LogP contribution is -2.24. The number of carbonyl (C=O) groups excluding carboxylic acids is 1. The third kappa shape index (κ3) is 5.19. The van der Waals surface area contributed by atoms with Crippen LogP contribution in [0.5, 0.6) is 0 Å². The number of thioether (sulfide) groups is 1. The van der Waals surface area contributed by atoms with Crippen molar-refractivity contribution in [2.45, 2.75) is 30.3 Å². The molecule has 3 rings (SSSR count). The van der Waals surface area contributed by atoms with Crippen LogP contribution in [0, 0.1) is 0 Å². The molecule has 0 fully saturated rings. The summed E-state index contributed by atoms with van der Waals surface area (Å²) >= 11 is 13.2. The second kappa shape index (κ2) is 9.32. The number of anilines is 1. The standard InChI is InChI=1S/C19H18Cl2N4O2S/c1-12(17(26)22-16-11-14(20)7-8-15(16)21)28-19-24-23-18(27)25(19)10-9-13-5-3-2-4-6-13/h2-8,11-12H,9-10H2,1H3,(H,22,26)(H,23,27). The molecule has 2 aromatic carbocycles. The highest BCUT2D eigenvalue weighted by Crippen LogP contribution is 2.27. The molecule has 0 bridgehead atoms. The summed E-state index contributed by atoms with van der Waals surface area (Å²) in [5, 5.41) is 10.1. The number of hydrogen-bond acceptors (Lipinski definition) is 4. The fourth-order valence-electron chi connectivity index (χ4n) is 2.52. The first-order valence-electron chi connectivity index (χ1n) is 8.55. The summed E-state index contributed by atoms with van der Waals surface area (Å²) in [5.74, 6) is -0.265. The number of H-pyrrole nitrogens is 1. The van der Waals surface area contributed by atoms with Gasteiger partial charge in [0, 0.05) is 11.6 Å². The van der Waals surface area contributed by atoms with Crippen LogP contribution < -0.4 is 11.0 Å². The largest absolute Gasteiger partial charge is 0.343 e. The molecule has 1 unspecified atom stereocenters. The number of aromatic nitrogens is 3. The summed E-state index contributed by atoms with van der Waals surface area (Å²) in [7, 11) is 0. The van der Waals surface area contributed by atoms with Gasteiger partial charge in [-0.2, -0.15) is 0 Å². The molecule has 0 aliphatic rings. The second-order valence-corrected chi connectivity index (χ2v) is 8.22. The SMILES string of the molecule is CC(Sc1n[nH]c(=O)n1CCc1ccccc1)C(=O)Nc1cc(Cl)ccc1Cl. The van der Waals surface area contributed by atoms with Gasteiger partial charge in [0.05, 0.1) is 16.0 Å². The van der Waals surface area contributed by atoms with Gasteiger partial charge in [0.2, 0.25) is 5.91 Å². The number of halogens is 2. The Balaban J connectivity index is 1.67. The predicted molar refractivity (Wildman–Crippen MR) is 113 cm³/mol. The van der Waals surface area contributed by atoms with E-state index < -0.39 is 5.25 Å². The highest BCUT2D eigenvalue weighted by molar-refractivity contribution is 8.00. The summed E-state index contributed by atoms with van der Waals surface area (Å²) in [6.45, 7) is 2.20. The number of aromatic amines is 1. The minimum atomic E-state index is -0.499. The number of rotatable bonds is 7. The van der Waals surface area contributed by atoms with Gasteiger partial charge in [-0.25, -0.2) is 9.89 Å². The van der Waals surface area contributed by atoms with Gasteiger partial charge in [0.1, 0.15) is 0 Å². The van der Waals surface area contributed by atoms with E-state index in [1.165, 1.54) is 16.3 Å². The molecule has 2 N–H and O–H groups in total. The second-order valence-electron chi connectivity index (χ2n) is 6.07. The van der Waals surface area contributed by atoms with Gasteiger partial charge in [-0.1, -0.05) is 65.3 Å². The smallest absolute Gasteiger partial charge is 0.324 e. The monoisotopic (exact) mass is 436 g/mol. The first kappa shape index (κ1) is 20.5. The lowest BCUT2D eigenvalue weighted by molar-refractivity contribution is -0.115. The summed E-state index contributed by atoms with van der Waals surface area (Å²) in [6, 6.07) is 14.7. The van der Waals surface area contributed by atoms with Gasteiger partial charge in [-0.15, -0.1) is 5.10 Å². The summed E-state index contributed by atoms with van der Waals surface area (Å²) in [6.07, 6.45) is 0.687. The molecule has 1 atom stereocenters. The Kier molecular flexibility index (Phi) is 6.83. The molecule has 3 aromatic rings. The van der Waals surface area contributed by atoms with Crippen LogP contribution >= 0.6 is 35.0 Å². The van der Waals surface area contributed by atoms with Crippen LogP contribution in [0.2, 0.25) is 10.0 Å². The minimum absolute atomic E-state index is 0.265. The summed E-state index contributed by atoms with van der Waals surface area (Å²) in [4.78, 5) is 24.6. The maximum absolute atomic E-state index is 12.5. The fraction of sp³-hybridized carbons (Fsp3) is 0.211. The molecule has 0 saturated heterocycles. The number of aryl methyl sites for hydroxylation is 1. The van der Waals surface area contributed by atoms with Crippen molar-refractivity contribution in [2.24, 2.45) is 0 Å². The van der Waals surface area contributed by atoms with Gasteiger partial charge < -0.3 is 5.32 Å². The fourth-order valence-corrected chi connectivity index (χ4v) is 3.73. The quantitative estimate of drug-likeness (QED) is 0.542. The molecule has 9 heteroatoms. The number of nitrogens with one attached hydrogen (secondary N) is 2. The van der Waals surface area contributed by atoms with Gasteiger partial charge in [-0.05, 0) is 37.1 Å². The Morgan fingerprint density at radius 2 is 2.00 bits per heavy atom. The van der Waals surface area contributed by atoms with E-state index in [1.807, 2.05) is 30.3 Å². The van der Waals surface area contributed by atoms with E-state index in [0.29, 0.717) is 33.9 Å². The first-order chi connectivity index (χ1) is 13.4. The van der Waals surface area contributed by atoms with Gasteiger partial charge >= 0.3 is 5.69 Å². The Morgan fingerprint density at radius 1 is 1.25 bits per heavy atom. The Bertz CT molecular complexity index is 1020. The first-order valence-corrected chi connectivity index (χ1v) is 10.2. The van der Waals surface area contributed by atoms with Crippen LogP contribution in [0.4, 0.5) is 5.69 Å². The Labute approximate surface area is 176 Å². The molecule has 0 spiro atoms. The maximum Gasteiger partial charge on any atom is 0.343 e. The molecule has 0 radical (unpaired) electrons. The van der Waals surface area contributed by atoms with Gasteiger partial charge in [0.25, 0.3) is 0 Å². The molecule has 146 valence electrons. The van der Waals surface area contributed by atoms with Crippen molar-refractivity contribution in [2.75, 3.05) is 5.32 Å². The number of nitrogens with zero attached hydrogens (tertiary/aromatic N) is 2. The van der Waals surface area contributed by atoms with Crippen LogP contribution in [0.15, 0.2) is 58.5 Å². The average molecular weight is 437 g/mol. The third-order valence-corrected chi connectivity index (χ3v) is 5.68. The molecule has 1 aromatic heterocycles. The van der Waals surface area contributed by atoms with E-state index in [9.17, 15) is 9.59 Å². The van der Waals surface area contributed by atoms with Crippen LogP contribution in [-0.2, 0) is 17.8 Å². The predicted octanol–water partition coefficient (Wildman–Crippen LogP) is 4.24.